The monoisotopic (exact) mass is 223 g/mol. The predicted molar refractivity (Wildman–Crippen MR) is 60.9 cm³/mol. The van der Waals surface area contributed by atoms with Gasteiger partial charge < -0.3 is 15.2 Å². The summed E-state index contributed by atoms with van der Waals surface area (Å²) in [6.07, 6.45) is -0.671. The van der Waals surface area contributed by atoms with Gasteiger partial charge in [-0.3, -0.25) is 0 Å². The van der Waals surface area contributed by atoms with Gasteiger partial charge in [-0.2, -0.15) is 0 Å². The molecule has 0 fully saturated rings. The largest absolute Gasteiger partial charge is 0.508 e. The third-order valence-electron chi connectivity index (χ3n) is 1.58. The van der Waals surface area contributed by atoms with Crippen LogP contribution in [0.5, 0.6) is 5.75 Å². The van der Waals surface area contributed by atoms with Crippen molar-refractivity contribution in [2.45, 2.75) is 26.4 Å². The van der Waals surface area contributed by atoms with Crippen LogP contribution >= 0.6 is 0 Å². The molecule has 16 heavy (non-hydrogen) atoms. The highest BCUT2D eigenvalue weighted by Gasteiger charge is 2.15. The normalized spacial score (nSPS) is 12.1. The van der Waals surface area contributed by atoms with Crippen molar-refractivity contribution in [3.8, 4) is 5.75 Å². The van der Waals surface area contributed by atoms with E-state index >= 15 is 0 Å². The molecule has 0 aliphatic heterocycles. The summed E-state index contributed by atoms with van der Waals surface area (Å²) in [6, 6.07) is 5.96. The van der Waals surface area contributed by atoms with Gasteiger partial charge in [0.1, 0.15) is 11.4 Å². The first kappa shape index (κ1) is 10.8. The van der Waals surface area contributed by atoms with E-state index in [0.29, 0.717) is 5.56 Å². The summed E-state index contributed by atoms with van der Waals surface area (Å²) in [5.74, 6) is 0.110. The van der Waals surface area contributed by atoms with Crippen molar-refractivity contribution in [3.05, 3.63) is 36.3 Å². The zero-order chi connectivity index (χ0) is 13.1. The summed E-state index contributed by atoms with van der Waals surface area (Å²) in [4.78, 5) is 11.4. The smallest absolute Gasteiger partial charge is 0.408 e. The fourth-order valence-corrected chi connectivity index (χ4v) is 0.972. The maximum Gasteiger partial charge on any atom is 0.408 e. The Hall–Kier alpha value is -1.71. The zero-order valence-electron chi connectivity index (χ0n) is 10.6. The lowest BCUT2D eigenvalue weighted by Gasteiger charge is -2.19. The van der Waals surface area contributed by atoms with Crippen LogP contribution in [-0.2, 0) is 4.74 Å². The van der Waals surface area contributed by atoms with Gasteiger partial charge in [-0.25, -0.2) is 4.79 Å². The van der Waals surface area contributed by atoms with Gasteiger partial charge in [-0.05, 0) is 38.5 Å². The molecule has 0 bridgehead atoms. The summed E-state index contributed by atoms with van der Waals surface area (Å²) in [5.41, 5.74) is -0.104. The van der Waals surface area contributed by atoms with E-state index in [1.807, 2.05) is 0 Å². The van der Waals surface area contributed by atoms with E-state index in [1.54, 1.807) is 20.8 Å². The highest BCUT2D eigenvalue weighted by Crippen LogP contribution is 2.11. The van der Waals surface area contributed by atoms with Crippen LogP contribution in [0.1, 0.15) is 27.7 Å². The number of hydrogen-bond acceptors (Lipinski definition) is 3. The van der Waals surface area contributed by atoms with Crippen LogP contribution in [0.3, 0.4) is 0 Å². The van der Waals surface area contributed by atoms with Gasteiger partial charge in [-0.15, -0.1) is 0 Å². The zero-order valence-corrected chi connectivity index (χ0v) is 9.57. The van der Waals surface area contributed by atoms with Crippen LogP contribution in [0, 0.1) is 6.52 Å². The van der Waals surface area contributed by atoms with E-state index in [0.717, 1.165) is 0 Å². The average molecular weight is 223 g/mol. The number of carbonyl (C=O) groups excluding carboxylic acids is 1. The van der Waals surface area contributed by atoms with Crippen LogP contribution in [0.15, 0.2) is 24.3 Å². The predicted octanol–water partition coefficient (Wildman–Crippen LogP) is 2.43. The highest BCUT2D eigenvalue weighted by atomic mass is 16.6. The Morgan fingerprint density at radius 1 is 1.44 bits per heavy atom. The lowest BCUT2D eigenvalue weighted by atomic mass is 10.2. The third-order valence-corrected chi connectivity index (χ3v) is 1.58. The number of hydrogen-bond donors (Lipinski definition) is 2. The van der Waals surface area contributed by atoms with Gasteiger partial charge in [0, 0.05) is 0 Å². The van der Waals surface area contributed by atoms with Crippen molar-refractivity contribution in [1.82, 2.24) is 5.32 Å². The van der Waals surface area contributed by atoms with Crippen LogP contribution in [0.25, 0.3) is 0 Å². The van der Waals surface area contributed by atoms with Crippen molar-refractivity contribution in [2.24, 2.45) is 0 Å². The molecule has 1 radical (unpaired) electrons. The Labute approximate surface area is 96.6 Å². The topological polar surface area (TPSA) is 58.6 Å². The number of ether oxygens (including phenoxy) is 1. The molecule has 0 aliphatic carbocycles. The lowest BCUT2D eigenvalue weighted by Crippen LogP contribution is -2.31. The van der Waals surface area contributed by atoms with E-state index in [9.17, 15) is 4.79 Å². The fraction of sp³-hybridized carbons (Fsp3) is 0.333. The minimum atomic E-state index is -0.671. The fourth-order valence-electron chi connectivity index (χ4n) is 0.972. The van der Waals surface area contributed by atoms with Gasteiger partial charge >= 0.3 is 6.09 Å². The van der Waals surface area contributed by atoms with Crippen molar-refractivity contribution >= 4 is 6.09 Å². The van der Waals surface area contributed by atoms with Crippen molar-refractivity contribution < 1.29 is 16.0 Å². The Bertz CT molecular complexity index is 384. The standard InChI is InChI=1S/C12H16NO3/c1-12(2,3)16-11(15)13-8-9-4-6-10(14)7-5-9/h4-8,14H,1-3H3,(H,13,15)/i8D. The number of alkyl carbamates (subject to hydrolysis) is 1. The molecule has 4 nitrogen and oxygen atoms in total. The van der Waals surface area contributed by atoms with E-state index in [2.05, 4.69) is 5.32 Å². The molecule has 0 heterocycles. The molecule has 0 aromatic heterocycles. The molecular weight excluding hydrogens is 206 g/mol. The van der Waals surface area contributed by atoms with Gasteiger partial charge in [-0.1, -0.05) is 12.1 Å². The molecule has 1 aromatic carbocycles. The van der Waals surface area contributed by atoms with Gasteiger partial charge in [0.25, 0.3) is 0 Å². The molecule has 1 rings (SSSR count). The molecule has 0 atom stereocenters. The highest BCUT2D eigenvalue weighted by molar-refractivity contribution is 5.69. The second-order valence-electron chi connectivity index (χ2n) is 4.30. The average Bonchev–Trinajstić information content (AvgIpc) is 2.15. The number of rotatable bonds is 2. The van der Waals surface area contributed by atoms with E-state index < -0.39 is 11.7 Å². The van der Waals surface area contributed by atoms with Gasteiger partial charge in [0.2, 0.25) is 0 Å². The first-order chi connectivity index (χ1) is 7.78. The summed E-state index contributed by atoms with van der Waals surface area (Å²) in [7, 11) is 0. The first-order valence-corrected chi connectivity index (χ1v) is 4.91. The number of nitrogens with one attached hydrogen (secondary N) is 1. The summed E-state index contributed by atoms with van der Waals surface area (Å²) < 4.78 is 12.7. The molecule has 87 valence electrons. The van der Waals surface area contributed by atoms with Crippen molar-refractivity contribution in [1.29, 1.82) is 0 Å². The molecule has 4 heteroatoms. The maximum absolute atomic E-state index is 11.4. The third kappa shape index (κ3) is 4.68. The number of benzene rings is 1. The number of amides is 1. The van der Waals surface area contributed by atoms with Gasteiger partial charge in [0.15, 0.2) is 0 Å². The minimum absolute atomic E-state index is 0.0701. The minimum Gasteiger partial charge on any atom is -0.508 e. The number of phenolic OH excluding ortho intramolecular Hbond substituents is 1. The Morgan fingerprint density at radius 2 is 2.00 bits per heavy atom. The quantitative estimate of drug-likeness (QED) is 0.809. The van der Waals surface area contributed by atoms with E-state index in [-0.39, 0.29) is 12.3 Å². The number of carbonyl (C=O) groups is 1. The first-order valence-electron chi connectivity index (χ1n) is 5.41. The number of phenols is 1. The SMILES string of the molecule is [2H][C](NC(=O)OC(C)(C)C)c1ccc(O)cc1. The molecule has 1 aromatic rings. The molecule has 0 spiro atoms. The van der Waals surface area contributed by atoms with Crippen LogP contribution < -0.4 is 5.32 Å². The Balaban J connectivity index is 2.57. The molecular formula is C12H16NO3. The summed E-state index contributed by atoms with van der Waals surface area (Å²) in [5, 5.41) is 11.4. The van der Waals surface area contributed by atoms with Crippen molar-refractivity contribution in [2.75, 3.05) is 0 Å². The molecule has 1 amide bonds. The van der Waals surface area contributed by atoms with Crippen molar-refractivity contribution in [3.63, 3.8) is 0 Å². The molecule has 2 N–H and O–H groups in total. The molecule has 0 saturated carbocycles. The molecule has 0 aliphatic rings. The second kappa shape index (κ2) is 4.88. The van der Waals surface area contributed by atoms with Gasteiger partial charge in [0.05, 0.1) is 7.89 Å². The van der Waals surface area contributed by atoms with Crippen LogP contribution in [0.4, 0.5) is 4.79 Å². The molecule has 0 saturated heterocycles. The Kier molecular flexibility index (Phi) is 3.29. The Morgan fingerprint density at radius 3 is 2.50 bits per heavy atom. The van der Waals surface area contributed by atoms with E-state index in [1.165, 1.54) is 24.3 Å². The molecule has 0 unspecified atom stereocenters. The maximum atomic E-state index is 11.4. The van der Waals surface area contributed by atoms with E-state index in [4.69, 9.17) is 11.2 Å². The lowest BCUT2D eigenvalue weighted by molar-refractivity contribution is 0.0545. The van der Waals surface area contributed by atoms with Crippen LogP contribution in [-0.4, -0.2) is 16.8 Å². The van der Waals surface area contributed by atoms with Crippen LogP contribution in [0.2, 0.25) is 0 Å². The summed E-state index contributed by atoms with van der Waals surface area (Å²) in [6.45, 7) is 5.17. The summed E-state index contributed by atoms with van der Waals surface area (Å²) >= 11 is 0. The second-order valence-corrected chi connectivity index (χ2v) is 4.30. The number of aromatic hydroxyl groups is 1.